The first-order chi connectivity index (χ1) is 18.3. The van der Waals surface area contributed by atoms with Crippen molar-refractivity contribution in [1.82, 2.24) is 14.6 Å². The lowest BCUT2D eigenvalue weighted by Gasteiger charge is -2.28. The minimum absolute atomic E-state index is 0.0274. The Morgan fingerprint density at radius 2 is 1.95 bits per heavy atom. The number of esters is 1. The van der Waals surface area contributed by atoms with Crippen molar-refractivity contribution in [3.05, 3.63) is 32.9 Å². The molecule has 0 bridgehead atoms. The third-order valence-electron chi connectivity index (χ3n) is 5.21. The molecule has 1 aromatic heterocycles. The fourth-order valence-corrected chi connectivity index (χ4v) is 7.02. The summed E-state index contributed by atoms with van der Waals surface area (Å²) in [6.45, 7) is 6.18. The Morgan fingerprint density at radius 1 is 1.32 bits per heavy atom. The summed E-state index contributed by atoms with van der Waals surface area (Å²) in [6.07, 6.45) is -4.44. The lowest BCUT2D eigenvalue weighted by atomic mass is 10.00. The van der Waals surface area contributed by atoms with Crippen LogP contribution in [0.15, 0.2) is 15.8 Å². The minimum atomic E-state index is -3.51. The molecular weight excluding hydrogens is 635 g/mol. The van der Waals surface area contributed by atoms with Gasteiger partial charge < -0.3 is 23.6 Å². The molecule has 0 aromatic carbocycles. The molecular formula is C22H33Cl2FN3O9PS2. The molecule has 2 rings (SSSR count). The van der Waals surface area contributed by atoms with E-state index in [0.717, 1.165) is 11.8 Å². The van der Waals surface area contributed by atoms with Crippen LogP contribution in [0.3, 0.4) is 0 Å². The fraction of sp³-hybridized carbons (Fsp3) is 0.727. The number of rotatable bonds is 12. The van der Waals surface area contributed by atoms with Gasteiger partial charge >= 0.3 is 11.7 Å². The molecule has 1 aliphatic heterocycles. The van der Waals surface area contributed by atoms with Crippen LogP contribution >= 0.6 is 41.6 Å². The summed E-state index contributed by atoms with van der Waals surface area (Å²) < 4.78 is 34.7. The van der Waals surface area contributed by atoms with Gasteiger partial charge in [-0.1, -0.05) is 55.7 Å². The number of aliphatic hydroxyl groups is 1. The molecule has 12 nitrogen and oxygen atoms in total. The lowest BCUT2D eigenvalue weighted by molar-refractivity contribution is -0.149. The van der Waals surface area contributed by atoms with Crippen LogP contribution in [0.25, 0.3) is 0 Å². The van der Waals surface area contributed by atoms with Crippen molar-refractivity contribution in [1.29, 1.82) is 0 Å². The number of aliphatic hydroxyl groups excluding tert-OH is 1. The van der Waals surface area contributed by atoms with Crippen molar-refractivity contribution in [3.63, 3.8) is 0 Å². The van der Waals surface area contributed by atoms with E-state index in [-0.39, 0.29) is 17.5 Å². The summed E-state index contributed by atoms with van der Waals surface area (Å²) in [4.78, 5) is 50.0. The molecule has 0 unspecified atom stereocenters. The van der Waals surface area contributed by atoms with Gasteiger partial charge in [0, 0.05) is 11.2 Å². The van der Waals surface area contributed by atoms with Gasteiger partial charge in [-0.25, -0.2) is 9.88 Å². The molecule has 0 spiro atoms. The normalized spacial score (nSPS) is 23.1. The molecule has 0 aliphatic carbocycles. The zero-order valence-corrected chi connectivity index (χ0v) is 26.7. The van der Waals surface area contributed by atoms with Gasteiger partial charge in [0.25, 0.3) is 12.2 Å². The molecule has 1 aromatic rings. The van der Waals surface area contributed by atoms with Crippen molar-refractivity contribution in [2.45, 2.75) is 76.5 Å². The molecule has 18 heteroatoms. The maximum atomic E-state index is 13.9. The van der Waals surface area contributed by atoms with Crippen LogP contribution in [0.1, 0.15) is 47.8 Å². The Kier molecular flexibility index (Phi) is 12.4. The molecule has 0 saturated carbocycles. The SMILES string of the molecule is CC(C)OC(=O)[C@H](C)N[P@@](=S)(OCCSC(=O)C(C)(C)C)OC[C@H]1O[C@@H](n2cc(F)c(=O)[nH]c2=O)C(Cl)(Cl)[C@@H]1O. The number of halogens is 3. The van der Waals surface area contributed by atoms with Gasteiger partial charge in [0.1, 0.15) is 18.2 Å². The number of aromatic nitrogens is 2. The van der Waals surface area contributed by atoms with E-state index in [4.69, 9.17) is 53.5 Å². The van der Waals surface area contributed by atoms with Crippen molar-refractivity contribution >= 4 is 64.5 Å². The third-order valence-corrected chi connectivity index (χ3v) is 9.94. The number of hydrogen-bond donors (Lipinski definition) is 3. The van der Waals surface area contributed by atoms with E-state index in [1.54, 1.807) is 39.6 Å². The van der Waals surface area contributed by atoms with Crippen LogP contribution in [-0.4, -0.2) is 73.4 Å². The molecule has 5 atom stereocenters. The number of ether oxygens (including phenoxy) is 2. The van der Waals surface area contributed by atoms with Crippen LogP contribution in [0.2, 0.25) is 0 Å². The van der Waals surface area contributed by atoms with Gasteiger partial charge in [0.2, 0.25) is 5.82 Å². The summed E-state index contributed by atoms with van der Waals surface area (Å²) in [7, 11) is 0. The number of carbonyl (C=O) groups is 2. The smallest absolute Gasteiger partial charge is 0.330 e. The topological polar surface area (TPSA) is 158 Å². The minimum Gasteiger partial charge on any atom is -0.462 e. The van der Waals surface area contributed by atoms with Crippen molar-refractivity contribution in [2.75, 3.05) is 19.0 Å². The lowest BCUT2D eigenvalue weighted by Crippen LogP contribution is -2.42. The molecule has 228 valence electrons. The Balaban J connectivity index is 2.19. The second kappa shape index (κ2) is 14.1. The van der Waals surface area contributed by atoms with Crippen LogP contribution in [-0.2, 0) is 39.9 Å². The van der Waals surface area contributed by atoms with E-state index < -0.39 is 76.6 Å². The van der Waals surface area contributed by atoms with Crippen LogP contribution < -0.4 is 16.3 Å². The highest BCUT2D eigenvalue weighted by Gasteiger charge is 2.56. The monoisotopic (exact) mass is 667 g/mol. The van der Waals surface area contributed by atoms with E-state index in [1.807, 2.05) is 0 Å². The summed E-state index contributed by atoms with van der Waals surface area (Å²) in [5, 5.41) is 13.5. The van der Waals surface area contributed by atoms with Gasteiger partial charge in [0.05, 0.1) is 25.5 Å². The van der Waals surface area contributed by atoms with Crippen molar-refractivity contribution in [2.24, 2.45) is 5.41 Å². The van der Waals surface area contributed by atoms with Gasteiger partial charge in [-0.15, -0.1) is 0 Å². The van der Waals surface area contributed by atoms with Gasteiger partial charge in [0.15, 0.2) is 15.7 Å². The van der Waals surface area contributed by atoms with E-state index in [1.165, 1.54) is 6.92 Å². The Bertz CT molecular complexity index is 1240. The Hall–Kier alpha value is -0.870. The second-order valence-corrected chi connectivity index (χ2v) is 15.9. The standard InChI is InChI=1S/C22H33Cl2FN3O9PS2/c1-11(2)36-17(31)12(3)27-38(39,34-7-8-40-19(32)21(4,5)6)35-10-14-15(29)22(23,24)18(37-14)28-9-13(25)16(30)26-20(28)33/h9,11-12,14-15,18,29H,7-8,10H2,1-6H3,(H,27,39)(H,26,30,33)/t12-,14+,15+,18+,38+/m0/s1. The first-order valence-corrected chi connectivity index (χ1v) is 16.4. The van der Waals surface area contributed by atoms with Gasteiger partial charge in [-0.2, -0.15) is 4.39 Å². The highest BCUT2D eigenvalue weighted by atomic mass is 35.5. The number of nitrogens with one attached hydrogen (secondary N) is 2. The van der Waals surface area contributed by atoms with E-state index in [2.05, 4.69) is 5.09 Å². The Labute approximate surface area is 249 Å². The summed E-state index contributed by atoms with van der Waals surface area (Å²) in [6, 6.07) is -0.956. The summed E-state index contributed by atoms with van der Waals surface area (Å²) in [5.41, 5.74) is -2.90. The largest absolute Gasteiger partial charge is 0.462 e. The molecule has 40 heavy (non-hydrogen) atoms. The van der Waals surface area contributed by atoms with E-state index in [0.29, 0.717) is 10.8 Å². The zero-order chi connectivity index (χ0) is 30.6. The molecule has 2 heterocycles. The first kappa shape index (κ1) is 35.3. The second-order valence-electron chi connectivity index (χ2n) is 10.1. The van der Waals surface area contributed by atoms with E-state index >= 15 is 0 Å². The number of thioether (sulfide) groups is 1. The predicted molar refractivity (Wildman–Crippen MR) is 153 cm³/mol. The van der Waals surface area contributed by atoms with Crippen molar-refractivity contribution in [3.8, 4) is 0 Å². The van der Waals surface area contributed by atoms with Gasteiger partial charge in [-0.3, -0.25) is 23.9 Å². The van der Waals surface area contributed by atoms with Crippen LogP contribution in [0.5, 0.6) is 0 Å². The number of carbonyl (C=O) groups excluding carboxylic acids is 2. The summed E-state index contributed by atoms with van der Waals surface area (Å²) in [5.74, 6) is -1.69. The third kappa shape index (κ3) is 9.32. The molecule has 0 radical (unpaired) electrons. The number of aromatic amines is 1. The van der Waals surface area contributed by atoms with E-state index in [9.17, 15) is 28.7 Å². The summed E-state index contributed by atoms with van der Waals surface area (Å²) >= 11 is 19.2. The number of nitrogens with zero attached hydrogens (tertiary/aromatic N) is 1. The zero-order valence-electron chi connectivity index (χ0n) is 22.6. The fourth-order valence-electron chi connectivity index (χ4n) is 3.16. The van der Waals surface area contributed by atoms with Crippen LogP contribution in [0.4, 0.5) is 4.39 Å². The maximum absolute atomic E-state index is 13.9. The quantitative estimate of drug-likeness (QED) is 0.130. The highest BCUT2D eigenvalue weighted by molar-refractivity contribution is 8.13. The molecule has 1 fully saturated rings. The number of alkyl halides is 2. The maximum Gasteiger partial charge on any atom is 0.330 e. The van der Waals surface area contributed by atoms with Gasteiger partial charge in [-0.05, 0) is 32.6 Å². The highest BCUT2D eigenvalue weighted by Crippen LogP contribution is 2.49. The average Bonchev–Trinajstić information content (AvgIpc) is 3.05. The van der Waals surface area contributed by atoms with Crippen LogP contribution in [0, 0.1) is 11.2 Å². The first-order valence-electron chi connectivity index (χ1n) is 12.1. The molecule has 1 saturated heterocycles. The Morgan fingerprint density at radius 3 is 2.52 bits per heavy atom. The number of hydrogen-bond acceptors (Lipinski definition) is 11. The molecule has 3 N–H and O–H groups in total. The predicted octanol–water partition coefficient (Wildman–Crippen LogP) is 2.60. The molecule has 0 amide bonds. The van der Waals surface area contributed by atoms with Crippen molar-refractivity contribution < 1.29 is 37.6 Å². The average molecular weight is 669 g/mol. The molecule has 1 aliphatic rings. The number of H-pyrrole nitrogens is 1.